The van der Waals surface area contributed by atoms with Crippen LogP contribution in [0.25, 0.3) is 0 Å². The molecule has 0 N–H and O–H groups in total. The van der Waals surface area contributed by atoms with E-state index in [4.69, 9.17) is 14.3 Å². The molecule has 0 atom stereocenters. The molecule has 1 heterocycles. The Morgan fingerprint density at radius 2 is 1.92 bits per heavy atom. The van der Waals surface area contributed by atoms with Crippen molar-refractivity contribution in [2.24, 2.45) is 0 Å². The van der Waals surface area contributed by atoms with Crippen LogP contribution < -0.4 is 4.74 Å². The fourth-order valence-electron chi connectivity index (χ4n) is 2.34. The van der Waals surface area contributed by atoms with Gasteiger partial charge in [0, 0.05) is 6.07 Å². The maximum atomic E-state index is 12.5. The van der Waals surface area contributed by atoms with Gasteiger partial charge >= 0.3 is 5.97 Å². The summed E-state index contributed by atoms with van der Waals surface area (Å²) in [6, 6.07) is 3.04. The average Bonchev–Trinajstić information content (AvgIpc) is 2.53. The number of hydroxylamine groups is 2. The Bertz CT molecular complexity index is 632. The molecule has 0 aromatic heterocycles. The van der Waals surface area contributed by atoms with Gasteiger partial charge in [0.2, 0.25) is 0 Å². The van der Waals surface area contributed by atoms with Gasteiger partial charge in [0.1, 0.15) is 5.75 Å². The van der Waals surface area contributed by atoms with Crippen LogP contribution in [0.4, 0.5) is 5.69 Å². The van der Waals surface area contributed by atoms with Crippen LogP contribution in [0.1, 0.15) is 36.7 Å². The van der Waals surface area contributed by atoms with E-state index in [1.807, 2.05) is 20.8 Å². The van der Waals surface area contributed by atoms with Crippen molar-refractivity contribution in [2.45, 2.75) is 26.2 Å². The highest BCUT2D eigenvalue weighted by Gasteiger charge is 2.31. The van der Waals surface area contributed by atoms with E-state index >= 15 is 0 Å². The molecular weight excluding hydrogens is 316 g/mol. The number of nitro benzene ring substituents is 1. The summed E-state index contributed by atoms with van der Waals surface area (Å²) in [5.74, 6) is -0.673. The Balaban J connectivity index is 2.42. The molecule has 1 fully saturated rings. The molecule has 0 bridgehead atoms. The van der Waals surface area contributed by atoms with Crippen LogP contribution in [0.3, 0.4) is 0 Å². The molecule has 132 valence electrons. The summed E-state index contributed by atoms with van der Waals surface area (Å²) in [5, 5.41) is 12.9. The molecular formula is C16H22N2O6. The van der Waals surface area contributed by atoms with E-state index in [9.17, 15) is 14.9 Å². The van der Waals surface area contributed by atoms with Crippen LogP contribution >= 0.6 is 0 Å². The van der Waals surface area contributed by atoms with Gasteiger partial charge in [-0.2, -0.15) is 0 Å². The molecule has 24 heavy (non-hydrogen) atoms. The highest BCUT2D eigenvalue weighted by Crippen LogP contribution is 2.36. The smallest absolute Gasteiger partial charge is 0.367 e. The van der Waals surface area contributed by atoms with Crippen LogP contribution in [0.5, 0.6) is 5.75 Å². The van der Waals surface area contributed by atoms with Crippen LogP contribution in [-0.4, -0.2) is 49.4 Å². The van der Waals surface area contributed by atoms with Gasteiger partial charge in [-0.25, -0.2) is 4.79 Å². The third kappa shape index (κ3) is 4.01. The normalized spacial score (nSPS) is 15.8. The number of morpholine rings is 1. The number of ether oxygens (including phenoxy) is 2. The zero-order valence-electron chi connectivity index (χ0n) is 14.3. The minimum Gasteiger partial charge on any atom is -0.496 e. The number of nitrogens with zero attached hydrogens (tertiary/aromatic N) is 2. The summed E-state index contributed by atoms with van der Waals surface area (Å²) in [6.07, 6.45) is 0. The summed E-state index contributed by atoms with van der Waals surface area (Å²) < 4.78 is 10.4. The first-order chi connectivity index (χ1) is 11.2. The molecule has 0 saturated carbocycles. The molecule has 1 aromatic rings. The predicted octanol–water partition coefficient (Wildman–Crippen LogP) is 2.30. The summed E-state index contributed by atoms with van der Waals surface area (Å²) in [7, 11) is 1.37. The largest absolute Gasteiger partial charge is 0.496 e. The van der Waals surface area contributed by atoms with E-state index in [1.165, 1.54) is 18.2 Å². The minimum atomic E-state index is -0.805. The lowest BCUT2D eigenvalue weighted by molar-refractivity contribution is -0.385. The van der Waals surface area contributed by atoms with Crippen molar-refractivity contribution in [3.8, 4) is 5.75 Å². The first-order valence-corrected chi connectivity index (χ1v) is 7.66. The molecule has 1 saturated heterocycles. The van der Waals surface area contributed by atoms with Crippen molar-refractivity contribution in [1.29, 1.82) is 0 Å². The number of rotatable bonds is 4. The topological polar surface area (TPSA) is 91.1 Å². The third-order valence-corrected chi connectivity index (χ3v) is 3.75. The quantitative estimate of drug-likeness (QED) is 0.614. The average molecular weight is 338 g/mol. The summed E-state index contributed by atoms with van der Waals surface area (Å²) in [6.45, 7) is 7.50. The molecule has 1 aliphatic rings. The molecule has 0 spiro atoms. The lowest BCUT2D eigenvalue weighted by Crippen LogP contribution is -2.38. The zero-order valence-corrected chi connectivity index (χ0v) is 14.3. The van der Waals surface area contributed by atoms with Gasteiger partial charge in [-0.15, -0.1) is 5.06 Å². The van der Waals surface area contributed by atoms with E-state index in [0.29, 0.717) is 31.9 Å². The SMILES string of the molecule is COc1cc(C(C)(C)C)cc([N+](=O)[O-])c1C(=O)ON1CCOCC1. The van der Waals surface area contributed by atoms with Gasteiger partial charge in [0.15, 0.2) is 5.56 Å². The van der Waals surface area contributed by atoms with Crippen molar-refractivity contribution in [2.75, 3.05) is 33.4 Å². The molecule has 2 rings (SSSR count). The van der Waals surface area contributed by atoms with Crippen LogP contribution in [-0.2, 0) is 15.0 Å². The molecule has 0 aliphatic carbocycles. The van der Waals surface area contributed by atoms with Gasteiger partial charge in [-0.05, 0) is 17.0 Å². The molecule has 8 heteroatoms. The molecule has 1 aliphatic heterocycles. The fourth-order valence-corrected chi connectivity index (χ4v) is 2.34. The molecule has 0 unspecified atom stereocenters. The van der Waals surface area contributed by atoms with Gasteiger partial charge < -0.3 is 14.3 Å². The number of nitro groups is 1. The van der Waals surface area contributed by atoms with Crippen molar-refractivity contribution in [3.05, 3.63) is 33.4 Å². The monoisotopic (exact) mass is 338 g/mol. The van der Waals surface area contributed by atoms with E-state index in [2.05, 4.69) is 0 Å². The van der Waals surface area contributed by atoms with Crippen molar-refractivity contribution < 1.29 is 24.0 Å². The zero-order chi connectivity index (χ0) is 17.9. The summed E-state index contributed by atoms with van der Waals surface area (Å²) >= 11 is 0. The number of methoxy groups -OCH3 is 1. The summed E-state index contributed by atoms with van der Waals surface area (Å²) in [5.41, 5.74) is -0.126. The van der Waals surface area contributed by atoms with Gasteiger partial charge in [-0.3, -0.25) is 10.1 Å². The fraction of sp³-hybridized carbons (Fsp3) is 0.562. The van der Waals surface area contributed by atoms with Crippen LogP contribution in [0.15, 0.2) is 12.1 Å². The second-order valence-corrected chi connectivity index (χ2v) is 6.50. The Morgan fingerprint density at radius 1 is 1.29 bits per heavy atom. The Hall–Kier alpha value is -2.19. The highest BCUT2D eigenvalue weighted by atomic mass is 16.7. The van der Waals surface area contributed by atoms with E-state index in [1.54, 1.807) is 6.07 Å². The first kappa shape index (κ1) is 18.2. The van der Waals surface area contributed by atoms with Gasteiger partial charge in [-0.1, -0.05) is 20.8 Å². The van der Waals surface area contributed by atoms with E-state index < -0.39 is 10.9 Å². The lowest BCUT2D eigenvalue weighted by Gasteiger charge is -2.25. The van der Waals surface area contributed by atoms with E-state index in [-0.39, 0.29) is 22.4 Å². The molecule has 0 amide bonds. The summed E-state index contributed by atoms with van der Waals surface area (Å²) in [4.78, 5) is 28.6. The van der Waals surface area contributed by atoms with Crippen molar-refractivity contribution >= 4 is 11.7 Å². The number of carbonyl (C=O) groups is 1. The van der Waals surface area contributed by atoms with Crippen LogP contribution in [0.2, 0.25) is 0 Å². The second-order valence-electron chi connectivity index (χ2n) is 6.50. The number of benzene rings is 1. The third-order valence-electron chi connectivity index (χ3n) is 3.75. The van der Waals surface area contributed by atoms with Crippen LogP contribution in [0, 0.1) is 10.1 Å². The highest BCUT2D eigenvalue weighted by molar-refractivity contribution is 5.97. The maximum Gasteiger partial charge on any atom is 0.367 e. The van der Waals surface area contributed by atoms with Crippen molar-refractivity contribution in [1.82, 2.24) is 5.06 Å². The number of carbonyl (C=O) groups excluding carboxylic acids is 1. The van der Waals surface area contributed by atoms with E-state index in [0.717, 1.165) is 0 Å². The Morgan fingerprint density at radius 3 is 2.42 bits per heavy atom. The minimum absolute atomic E-state index is 0.132. The Kier molecular flexibility index (Phi) is 5.40. The standard InChI is InChI=1S/C16H22N2O6/c1-16(2,3)11-9-12(18(20)21)14(13(10-11)22-4)15(19)24-17-5-7-23-8-6-17/h9-10H,5-8H2,1-4H3. The predicted molar refractivity (Wildman–Crippen MR) is 86.2 cm³/mol. The maximum absolute atomic E-state index is 12.5. The number of hydrogen-bond acceptors (Lipinski definition) is 7. The number of hydrogen-bond donors (Lipinski definition) is 0. The van der Waals surface area contributed by atoms with Gasteiger partial charge in [0.05, 0.1) is 38.3 Å². The van der Waals surface area contributed by atoms with Crippen molar-refractivity contribution in [3.63, 3.8) is 0 Å². The molecule has 8 nitrogen and oxygen atoms in total. The molecule has 1 aromatic carbocycles. The van der Waals surface area contributed by atoms with Gasteiger partial charge in [0.25, 0.3) is 5.69 Å². The molecule has 0 radical (unpaired) electrons. The first-order valence-electron chi connectivity index (χ1n) is 7.66. The Labute approximate surface area is 140 Å². The lowest BCUT2D eigenvalue weighted by atomic mass is 9.86. The second kappa shape index (κ2) is 7.14.